The molecule has 0 bridgehead atoms. The average Bonchev–Trinajstić information content (AvgIpc) is 2.94. The largest absolute Gasteiger partial charge is 0.361 e. The van der Waals surface area contributed by atoms with Gasteiger partial charge in [0.05, 0.1) is 26.2 Å². The molecule has 2 N–H and O–H groups in total. The molecule has 1 aliphatic carbocycles. The maximum atomic E-state index is 5.60. The Morgan fingerprint density at radius 2 is 2.09 bits per heavy atom. The Kier molecular flexibility index (Phi) is 5.31. The highest BCUT2D eigenvalue weighted by Crippen LogP contribution is 2.17. The number of thiocarbonyl (C=S) groups is 1. The van der Waals surface area contributed by atoms with Crippen LogP contribution in [-0.4, -0.2) is 47.4 Å². The topological polar surface area (TPSA) is 45.7 Å². The van der Waals surface area contributed by atoms with Crippen molar-refractivity contribution in [2.24, 2.45) is 0 Å². The van der Waals surface area contributed by atoms with E-state index in [4.69, 9.17) is 16.7 Å². The van der Waals surface area contributed by atoms with E-state index >= 15 is 0 Å². The summed E-state index contributed by atoms with van der Waals surface area (Å²) in [5.74, 6) is 0.894. The van der Waals surface area contributed by atoms with Gasteiger partial charge in [0.15, 0.2) is 5.11 Å². The Hall–Kier alpha value is -1.14. The lowest BCUT2D eigenvalue weighted by atomic mass is 9.96. The summed E-state index contributed by atoms with van der Waals surface area (Å²) in [5, 5.41) is 8.63. The molecule has 6 heteroatoms. The predicted molar refractivity (Wildman–Crippen MR) is 89.8 cm³/mol. The summed E-state index contributed by atoms with van der Waals surface area (Å²) in [6.07, 6.45) is 6.62. The molecule has 0 unspecified atom stereocenters. The van der Waals surface area contributed by atoms with Gasteiger partial charge >= 0.3 is 0 Å². The van der Waals surface area contributed by atoms with Gasteiger partial charge in [-0.25, -0.2) is 0 Å². The molecule has 0 aromatic carbocycles. The van der Waals surface area contributed by atoms with Gasteiger partial charge < -0.3 is 19.6 Å². The molecule has 122 valence electrons. The van der Waals surface area contributed by atoms with Gasteiger partial charge in [0.2, 0.25) is 0 Å². The number of aryl methyl sites for hydroxylation is 1. The Morgan fingerprint density at radius 1 is 1.36 bits per heavy atom. The summed E-state index contributed by atoms with van der Waals surface area (Å²) in [7, 11) is 0. The molecular weight excluding hydrogens is 296 g/mol. The lowest BCUT2D eigenvalue weighted by Crippen LogP contribution is -3.13. The van der Waals surface area contributed by atoms with Crippen molar-refractivity contribution in [1.82, 2.24) is 15.4 Å². The quantitative estimate of drug-likeness (QED) is 0.809. The molecular formula is C16H27N4OS+. The molecule has 0 spiro atoms. The number of aromatic nitrogens is 1. The Morgan fingerprint density at radius 3 is 2.73 bits per heavy atom. The van der Waals surface area contributed by atoms with E-state index in [-0.39, 0.29) is 0 Å². The van der Waals surface area contributed by atoms with Crippen LogP contribution in [0.25, 0.3) is 0 Å². The van der Waals surface area contributed by atoms with E-state index in [1.807, 2.05) is 13.0 Å². The van der Waals surface area contributed by atoms with Crippen LogP contribution in [0.1, 0.15) is 43.6 Å². The first-order valence-corrected chi connectivity index (χ1v) is 8.93. The highest BCUT2D eigenvalue weighted by Gasteiger charge is 2.24. The molecule has 0 radical (unpaired) electrons. The van der Waals surface area contributed by atoms with Crippen LogP contribution >= 0.6 is 12.2 Å². The molecule has 1 aromatic rings. The van der Waals surface area contributed by atoms with Crippen LogP contribution in [0, 0.1) is 6.92 Å². The van der Waals surface area contributed by atoms with Gasteiger partial charge in [-0.3, -0.25) is 0 Å². The van der Waals surface area contributed by atoms with Crippen molar-refractivity contribution in [3.05, 3.63) is 17.5 Å². The zero-order valence-corrected chi connectivity index (χ0v) is 14.3. The standard InChI is InChI=1S/C16H26N4OS/c1-13-11-15(18-21-13)12-19-7-9-20(10-8-19)16(22)17-14-5-3-2-4-6-14/h11,14H,2-10,12H2,1H3,(H,17,22)/p+1. The minimum Gasteiger partial charge on any atom is -0.361 e. The first-order chi connectivity index (χ1) is 10.7. The van der Waals surface area contributed by atoms with Crippen LogP contribution in [0.2, 0.25) is 0 Å². The number of hydrogen-bond donors (Lipinski definition) is 2. The minimum atomic E-state index is 0.602. The van der Waals surface area contributed by atoms with Crippen molar-refractivity contribution in [1.29, 1.82) is 0 Å². The molecule has 1 saturated heterocycles. The zero-order valence-electron chi connectivity index (χ0n) is 13.4. The van der Waals surface area contributed by atoms with Crippen molar-refractivity contribution in [3.8, 4) is 0 Å². The second-order valence-electron chi connectivity index (χ2n) is 6.63. The molecule has 0 atom stereocenters. The molecule has 3 rings (SSSR count). The van der Waals surface area contributed by atoms with Gasteiger partial charge in [0.1, 0.15) is 18.0 Å². The Bertz CT molecular complexity index is 490. The molecule has 0 amide bonds. The molecule has 1 aliphatic heterocycles. The van der Waals surface area contributed by atoms with Gasteiger partial charge in [0, 0.05) is 12.1 Å². The molecule has 2 aliphatic rings. The number of nitrogens with zero attached hydrogens (tertiary/aromatic N) is 2. The molecule has 5 nitrogen and oxygen atoms in total. The maximum Gasteiger partial charge on any atom is 0.169 e. The fourth-order valence-electron chi connectivity index (χ4n) is 3.47. The molecule has 1 aromatic heterocycles. The van der Waals surface area contributed by atoms with E-state index in [0.29, 0.717) is 6.04 Å². The van der Waals surface area contributed by atoms with E-state index < -0.39 is 0 Å². The maximum absolute atomic E-state index is 5.60. The van der Waals surface area contributed by atoms with Crippen molar-refractivity contribution >= 4 is 17.3 Å². The Balaban J connectivity index is 1.41. The van der Waals surface area contributed by atoms with Crippen molar-refractivity contribution in [3.63, 3.8) is 0 Å². The van der Waals surface area contributed by atoms with Crippen LogP contribution in [0.3, 0.4) is 0 Å². The van der Waals surface area contributed by atoms with Crippen molar-refractivity contribution < 1.29 is 9.42 Å². The number of quaternary nitrogens is 1. The SMILES string of the molecule is Cc1cc(C[NH+]2CCN(C(=S)NC3CCCCC3)CC2)no1. The minimum absolute atomic E-state index is 0.602. The van der Waals surface area contributed by atoms with E-state index in [9.17, 15) is 0 Å². The van der Waals surface area contributed by atoms with Crippen LogP contribution in [0.4, 0.5) is 0 Å². The first-order valence-electron chi connectivity index (χ1n) is 8.52. The fourth-order valence-corrected chi connectivity index (χ4v) is 3.82. The van der Waals surface area contributed by atoms with E-state index in [1.54, 1.807) is 4.90 Å². The molecule has 2 heterocycles. The lowest BCUT2D eigenvalue weighted by Gasteiger charge is -2.35. The highest BCUT2D eigenvalue weighted by atomic mass is 32.1. The van der Waals surface area contributed by atoms with Gasteiger partial charge in [0.25, 0.3) is 0 Å². The monoisotopic (exact) mass is 323 g/mol. The normalized spacial score (nSPS) is 21.0. The second kappa shape index (κ2) is 7.42. The summed E-state index contributed by atoms with van der Waals surface area (Å²) in [6.45, 7) is 7.18. The third kappa shape index (κ3) is 4.20. The van der Waals surface area contributed by atoms with Crippen LogP contribution in [0.5, 0.6) is 0 Å². The van der Waals surface area contributed by atoms with Crippen molar-refractivity contribution in [2.45, 2.75) is 51.6 Å². The number of hydrogen-bond acceptors (Lipinski definition) is 3. The third-order valence-corrected chi connectivity index (χ3v) is 5.17. The van der Waals surface area contributed by atoms with E-state index in [0.717, 1.165) is 49.3 Å². The highest BCUT2D eigenvalue weighted by molar-refractivity contribution is 7.80. The van der Waals surface area contributed by atoms with Gasteiger partial charge in [-0.15, -0.1) is 0 Å². The van der Waals surface area contributed by atoms with Crippen LogP contribution < -0.4 is 10.2 Å². The summed E-state index contributed by atoms with van der Waals surface area (Å²) in [6, 6.07) is 2.64. The first kappa shape index (κ1) is 15.7. The van der Waals surface area contributed by atoms with Gasteiger partial charge in [-0.05, 0) is 32.0 Å². The third-order valence-electron chi connectivity index (χ3n) is 4.80. The fraction of sp³-hybridized carbons (Fsp3) is 0.750. The van der Waals surface area contributed by atoms with Crippen molar-refractivity contribution in [2.75, 3.05) is 26.2 Å². The van der Waals surface area contributed by atoms with Crippen LogP contribution in [-0.2, 0) is 6.54 Å². The van der Waals surface area contributed by atoms with Crippen LogP contribution in [0.15, 0.2) is 10.6 Å². The predicted octanol–water partition coefficient (Wildman–Crippen LogP) is 0.891. The lowest BCUT2D eigenvalue weighted by molar-refractivity contribution is -0.917. The number of piperazine rings is 1. The van der Waals surface area contributed by atoms with E-state index in [2.05, 4.69) is 15.4 Å². The number of nitrogens with one attached hydrogen (secondary N) is 2. The molecule has 1 saturated carbocycles. The Labute approximate surface area is 138 Å². The summed E-state index contributed by atoms with van der Waals surface area (Å²) in [5.41, 5.74) is 1.06. The second-order valence-corrected chi connectivity index (χ2v) is 7.01. The zero-order chi connectivity index (χ0) is 15.4. The average molecular weight is 323 g/mol. The van der Waals surface area contributed by atoms with E-state index in [1.165, 1.54) is 32.1 Å². The molecule has 22 heavy (non-hydrogen) atoms. The number of rotatable bonds is 3. The van der Waals surface area contributed by atoms with Gasteiger partial charge in [-0.1, -0.05) is 24.4 Å². The molecule has 2 fully saturated rings. The summed E-state index contributed by atoms with van der Waals surface area (Å²) < 4.78 is 5.15. The summed E-state index contributed by atoms with van der Waals surface area (Å²) in [4.78, 5) is 3.90. The smallest absolute Gasteiger partial charge is 0.169 e. The summed E-state index contributed by atoms with van der Waals surface area (Å²) >= 11 is 5.60. The van der Waals surface area contributed by atoms with Gasteiger partial charge in [-0.2, -0.15) is 0 Å².